The summed E-state index contributed by atoms with van der Waals surface area (Å²) in [6.45, 7) is 1.32. The molecule has 0 radical (unpaired) electrons. The molecule has 4 heteroatoms. The summed E-state index contributed by atoms with van der Waals surface area (Å²) in [5.41, 5.74) is 0. The summed E-state index contributed by atoms with van der Waals surface area (Å²) in [7, 11) is 0. The van der Waals surface area contributed by atoms with Crippen LogP contribution < -0.4 is 0 Å². The van der Waals surface area contributed by atoms with Gasteiger partial charge in [0.25, 0.3) is 0 Å². The standard InChI is InChI=1S/C8H16O4/c1-2-3-4-8(11)12-7(5-9)6-10/h7,9-10H,2-6H2,1H3. The van der Waals surface area contributed by atoms with Gasteiger partial charge in [0.15, 0.2) is 0 Å². The van der Waals surface area contributed by atoms with Crippen LogP contribution in [-0.4, -0.2) is 35.5 Å². The first-order chi connectivity index (χ1) is 5.74. The molecule has 2 N–H and O–H groups in total. The summed E-state index contributed by atoms with van der Waals surface area (Å²) in [5.74, 6) is -0.357. The van der Waals surface area contributed by atoms with Crippen LogP contribution in [0.3, 0.4) is 0 Å². The predicted octanol–water partition coefficient (Wildman–Crippen LogP) is 0.0730. The first-order valence-electron chi connectivity index (χ1n) is 4.15. The van der Waals surface area contributed by atoms with E-state index < -0.39 is 6.10 Å². The second-order valence-electron chi connectivity index (χ2n) is 2.58. The van der Waals surface area contributed by atoms with Crippen molar-refractivity contribution in [3.63, 3.8) is 0 Å². The molecule has 12 heavy (non-hydrogen) atoms. The fourth-order valence-corrected chi connectivity index (χ4v) is 0.698. The van der Waals surface area contributed by atoms with Crippen molar-refractivity contribution >= 4 is 5.97 Å². The van der Waals surface area contributed by atoms with Gasteiger partial charge in [0.2, 0.25) is 0 Å². The molecule has 0 aliphatic carbocycles. The van der Waals surface area contributed by atoms with Gasteiger partial charge in [-0.3, -0.25) is 4.79 Å². The lowest BCUT2D eigenvalue weighted by molar-refractivity contribution is -0.153. The normalized spacial score (nSPS) is 10.3. The summed E-state index contributed by atoms with van der Waals surface area (Å²) in [6.07, 6.45) is 1.31. The SMILES string of the molecule is CCCCC(=O)OC(CO)CO. The molecule has 0 heterocycles. The van der Waals surface area contributed by atoms with Crippen LogP contribution in [0.5, 0.6) is 0 Å². The molecule has 0 aromatic rings. The van der Waals surface area contributed by atoms with Crippen molar-refractivity contribution in [2.45, 2.75) is 32.3 Å². The van der Waals surface area contributed by atoms with Crippen molar-refractivity contribution in [3.8, 4) is 0 Å². The molecule has 0 fully saturated rings. The van der Waals surface area contributed by atoms with Crippen LogP contribution in [0, 0.1) is 0 Å². The molecule has 0 aromatic carbocycles. The van der Waals surface area contributed by atoms with Crippen molar-refractivity contribution in [1.29, 1.82) is 0 Å². The average molecular weight is 176 g/mol. The summed E-state index contributed by atoms with van der Waals surface area (Å²) < 4.78 is 4.71. The van der Waals surface area contributed by atoms with E-state index in [9.17, 15) is 4.79 Å². The van der Waals surface area contributed by atoms with E-state index >= 15 is 0 Å². The van der Waals surface area contributed by atoms with Crippen LogP contribution in [0.1, 0.15) is 26.2 Å². The van der Waals surface area contributed by atoms with Gasteiger partial charge in [-0.15, -0.1) is 0 Å². The Labute approximate surface area is 72.2 Å². The maximum Gasteiger partial charge on any atom is 0.306 e. The van der Waals surface area contributed by atoms with Crippen LogP contribution in [0.15, 0.2) is 0 Å². The summed E-state index contributed by atoms with van der Waals surface area (Å²) in [4.78, 5) is 10.9. The van der Waals surface area contributed by atoms with Crippen molar-refractivity contribution in [2.75, 3.05) is 13.2 Å². The van der Waals surface area contributed by atoms with Gasteiger partial charge in [0.1, 0.15) is 6.10 Å². The van der Waals surface area contributed by atoms with E-state index in [2.05, 4.69) is 0 Å². The Kier molecular flexibility index (Phi) is 6.70. The summed E-state index contributed by atoms with van der Waals surface area (Å²) in [5, 5.41) is 17.1. The largest absolute Gasteiger partial charge is 0.457 e. The summed E-state index contributed by atoms with van der Waals surface area (Å²) in [6, 6.07) is 0. The molecular weight excluding hydrogens is 160 g/mol. The Morgan fingerprint density at radius 1 is 1.42 bits per heavy atom. The van der Waals surface area contributed by atoms with Crippen molar-refractivity contribution in [3.05, 3.63) is 0 Å². The van der Waals surface area contributed by atoms with Crippen molar-refractivity contribution < 1.29 is 19.7 Å². The lowest BCUT2D eigenvalue weighted by Gasteiger charge is -2.11. The number of rotatable bonds is 6. The number of carbonyl (C=O) groups excluding carboxylic acids is 1. The van der Waals surface area contributed by atoms with E-state index in [1.165, 1.54) is 0 Å². The molecule has 0 aliphatic heterocycles. The Balaban J connectivity index is 3.52. The van der Waals surface area contributed by atoms with Gasteiger partial charge in [-0.2, -0.15) is 0 Å². The highest BCUT2D eigenvalue weighted by molar-refractivity contribution is 5.69. The predicted molar refractivity (Wildman–Crippen MR) is 43.6 cm³/mol. The van der Waals surface area contributed by atoms with Crippen LogP contribution in [0.2, 0.25) is 0 Å². The van der Waals surface area contributed by atoms with Crippen LogP contribution in [0.25, 0.3) is 0 Å². The highest BCUT2D eigenvalue weighted by Crippen LogP contribution is 1.99. The lowest BCUT2D eigenvalue weighted by Crippen LogP contribution is -2.25. The van der Waals surface area contributed by atoms with Gasteiger partial charge in [-0.1, -0.05) is 13.3 Å². The monoisotopic (exact) mass is 176 g/mol. The molecule has 0 unspecified atom stereocenters. The third-order valence-electron chi connectivity index (χ3n) is 1.44. The van der Waals surface area contributed by atoms with Gasteiger partial charge in [-0.25, -0.2) is 0 Å². The number of esters is 1. The number of unbranched alkanes of at least 4 members (excludes halogenated alkanes) is 1. The molecule has 0 aliphatic rings. The van der Waals surface area contributed by atoms with E-state index in [1.54, 1.807) is 0 Å². The second-order valence-corrected chi connectivity index (χ2v) is 2.58. The second kappa shape index (κ2) is 7.06. The number of hydrogen-bond acceptors (Lipinski definition) is 4. The molecule has 0 rings (SSSR count). The lowest BCUT2D eigenvalue weighted by atomic mass is 10.2. The molecule has 4 nitrogen and oxygen atoms in total. The zero-order valence-corrected chi connectivity index (χ0v) is 7.32. The molecule has 0 bridgehead atoms. The van der Waals surface area contributed by atoms with Gasteiger partial charge in [-0.05, 0) is 6.42 Å². The van der Waals surface area contributed by atoms with E-state index in [1.807, 2.05) is 6.92 Å². The van der Waals surface area contributed by atoms with Gasteiger partial charge >= 0.3 is 5.97 Å². The molecule has 0 saturated carbocycles. The maximum absolute atomic E-state index is 10.9. The third-order valence-corrected chi connectivity index (χ3v) is 1.44. The van der Waals surface area contributed by atoms with Crippen LogP contribution in [0.4, 0.5) is 0 Å². The van der Waals surface area contributed by atoms with Crippen molar-refractivity contribution in [1.82, 2.24) is 0 Å². The van der Waals surface area contributed by atoms with Gasteiger partial charge < -0.3 is 14.9 Å². The highest BCUT2D eigenvalue weighted by atomic mass is 16.6. The topological polar surface area (TPSA) is 66.8 Å². The number of aliphatic hydroxyl groups is 2. The molecule has 0 atom stereocenters. The minimum Gasteiger partial charge on any atom is -0.457 e. The first-order valence-corrected chi connectivity index (χ1v) is 4.15. The zero-order chi connectivity index (χ0) is 9.40. The molecule has 0 aromatic heterocycles. The van der Waals surface area contributed by atoms with E-state index in [-0.39, 0.29) is 19.2 Å². The van der Waals surface area contributed by atoms with E-state index in [4.69, 9.17) is 14.9 Å². The molecular formula is C8H16O4. The number of carbonyl (C=O) groups is 1. The Bertz CT molecular complexity index is 120. The fourth-order valence-electron chi connectivity index (χ4n) is 0.698. The van der Waals surface area contributed by atoms with Crippen molar-refractivity contribution in [2.24, 2.45) is 0 Å². The third kappa shape index (κ3) is 5.09. The fraction of sp³-hybridized carbons (Fsp3) is 0.875. The maximum atomic E-state index is 10.9. The summed E-state index contributed by atoms with van der Waals surface area (Å²) >= 11 is 0. The van der Waals surface area contributed by atoms with Crippen LogP contribution >= 0.6 is 0 Å². The molecule has 72 valence electrons. The number of aliphatic hydroxyl groups excluding tert-OH is 2. The highest BCUT2D eigenvalue weighted by Gasteiger charge is 2.10. The minimum atomic E-state index is -0.755. The Morgan fingerprint density at radius 3 is 2.42 bits per heavy atom. The average Bonchev–Trinajstić information content (AvgIpc) is 2.10. The Morgan fingerprint density at radius 2 is 2.00 bits per heavy atom. The molecule has 0 saturated heterocycles. The molecule has 0 spiro atoms. The van der Waals surface area contributed by atoms with Gasteiger partial charge in [0.05, 0.1) is 13.2 Å². The zero-order valence-electron chi connectivity index (χ0n) is 7.32. The first kappa shape index (κ1) is 11.4. The van der Waals surface area contributed by atoms with Crippen LogP contribution in [-0.2, 0) is 9.53 Å². The quantitative estimate of drug-likeness (QED) is 0.562. The Hall–Kier alpha value is -0.610. The molecule has 0 amide bonds. The van der Waals surface area contributed by atoms with E-state index in [0.717, 1.165) is 12.8 Å². The van der Waals surface area contributed by atoms with E-state index in [0.29, 0.717) is 6.42 Å². The smallest absolute Gasteiger partial charge is 0.306 e. The minimum absolute atomic E-state index is 0.325. The number of ether oxygens (including phenoxy) is 1. The number of hydrogen-bond donors (Lipinski definition) is 2. The van der Waals surface area contributed by atoms with Gasteiger partial charge in [0, 0.05) is 6.42 Å².